The molecule has 0 bridgehead atoms. The molecule has 0 saturated carbocycles. The molecule has 1 aromatic rings. The first-order chi connectivity index (χ1) is 9.55. The minimum absolute atomic E-state index is 0.0493. The third kappa shape index (κ3) is 2.59. The lowest BCUT2D eigenvalue weighted by Gasteiger charge is -2.32. The molecule has 0 radical (unpaired) electrons. The molecule has 3 atom stereocenters. The molecule has 1 aliphatic rings. The maximum Gasteiger partial charge on any atom is 0.224 e. The Balaban J connectivity index is 2.30. The van der Waals surface area contributed by atoms with Gasteiger partial charge in [-0.15, -0.1) is 0 Å². The summed E-state index contributed by atoms with van der Waals surface area (Å²) < 4.78 is 6.21. The van der Waals surface area contributed by atoms with Gasteiger partial charge in [-0.3, -0.25) is 4.79 Å². The Kier molecular flexibility index (Phi) is 4.48. The standard InChI is InChI=1S/C15H25N3O2/c1-5-13(19)18-12(8-11-9-16-10-17-11)15(4,7-3)20-14(18)6-2/h9-10,12,14H,5-8H2,1-4H3,(H,16,17)/t12-,14-,15?/m0/s1. The van der Waals surface area contributed by atoms with Crippen molar-refractivity contribution in [1.29, 1.82) is 0 Å². The highest BCUT2D eigenvalue weighted by molar-refractivity contribution is 5.77. The molecule has 0 aliphatic carbocycles. The van der Waals surface area contributed by atoms with Crippen LogP contribution in [0.15, 0.2) is 12.5 Å². The van der Waals surface area contributed by atoms with E-state index in [1.165, 1.54) is 0 Å². The number of nitrogens with one attached hydrogen (secondary N) is 1. The second-order valence-corrected chi connectivity index (χ2v) is 5.58. The molecule has 5 nitrogen and oxygen atoms in total. The molecule has 1 fully saturated rings. The highest BCUT2D eigenvalue weighted by atomic mass is 16.5. The van der Waals surface area contributed by atoms with Crippen molar-refractivity contribution in [2.24, 2.45) is 0 Å². The van der Waals surface area contributed by atoms with Gasteiger partial charge in [0.1, 0.15) is 6.23 Å². The number of hydrogen-bond acceptors (Lipinski definition) is 3. The Hall–Kier alpha value is -1.36. The highest BCUT2D eigenvalue weighted by Crippen LogP contribution is 2.38. The number of rotatable bonds is 5. The number of carbonyl (C=O) groups is 1. The zero-order valence-corrected chi connectivity index (χ0v) is 12.8. The van der Waals surface area contributed by atoms with Crippen molar-refractivity contribution >= 4 is 5.91 Å². The fourth-order valence-corrected chi connectivity index (χ4v) is 2.97. The predicted molar refractivity (Wildman–Crippen MR) is 77.1 cm³/mol. The van der Waals surface area contributed by atoms with Gasteiger partial charge in [0, 0.05) is 19.0 Å². The average molecular weight is 279 g/mol. The summed E-state index contributed by atoms with van der Waals surface area (Å²) in [6.07, 6.45) is 6.40. The number of aromatic amines is 1. The number of imidazole rings is 1. The molecule has 1 aliphatic heterocycles. The van der Waals surface area contributed by atoms with E-state index in [-0.39, 0.29) is 23.8 Å². The zero-order valence-electron chi connectivity index (χ0n) is 12.8. The molecule has 1 unspecified atom stereocenters. The number of carbonyl (C=O) groups excluding carboxylic acids is 1. The molecule has 0 spiro atoms. The molecule has 1 amide bonds. The summed E-state index contributed by atoms with van der Waals surface area (Å²) in [5.74, 6) is 0.162. The summed E-state index contributed by atoms with van der Waals surface area (Å²) in [6.45, 7) is 8.19. The minimum Gasteiger partial charge on any atom is -0.351 e. The molecule has 20 heavy (non-hydrogen) atoms. The number of H-pyrrole nitrogens is 1. The zero-order chi connectivity index (χ0) is 14.8. The largest absolute Gasteiger partial charge is 0.351 e. The van der Waals surface area contributed by atoms with E-state index in [0.29, 0.717) is 6.42 Å². The molecular formula is C15H25N3O2. The van der Waals surface area contributed by atoms with Crippen LogP contribution in [0.2, 0.25) is 0 Å². The second kappa shape index (κ2) is 5.95. The van der Waals surface area contributed by atoms with Crippen LogP contribution in [0.5, 0.6) is 0 Å². The van der Waals surface area contributed by atoms with Crippen molar-refractivity contribution in [2.75, 3.05) is 0 Å². The summed E-state index contributed by atoms with van der Waals surface area (Å²) in [7, 11) is 0. The number of hydrogen-bond donors (Lipinski definition) is 1. The van der Waals surface area contributed by atoms with Gasteiger partial charge >= 0.3 is 0 Å². The molecular weight excluding hydrogens is 254 g/mol. The first-order valence-electron chi connectivity index (χ1n) is 7.52. The van der Waals surface area contributed by atoms with Gasteiger partial charge in [-0.05, 0) is 19.8 Å². The fraction of sp³-hybridized carbons (Fsp3) is 0.733. The Morgan fingerprint density at radius 2 is 2.25 bits per heavy atom. The third-order valence-corrected chi connectivity index (χ3v) is 4.36. The molecule has 1 N–H and O–H groups in total. The lowest BCUT2D eigenvalue weighted by atomic mass is 9.89. The van der Waals surface area contributed by atoms with Crippen molar-refractivity contribution in [1.82, 2.24) is 14.9 Å². The molecule has 1 aromatic heterocycles. The number of nitrogens with zero attached hydrogens (tertiary/aromatic N) is 2. The van der Waals surface area contributed by atoms with E-state index in [1.807, 2.05) is 18.0 Å². The quantitative estimate of drug-likeness (QED) is 0.901. The maximum atomic E-state index is 12.3. The fourth-order valence-electron chi connectivity index (χ4n) is 2.97. The molecule has 112 valence electrons. The predicted octanol–water partition coefficient (Wildman–Crippen LogP) is 2.49. The van der Waals surface area contributed by atoms with Crippen LogP contribution in [0, 0.1) is 0 Å². The summed E-state index contributed by atoms with van der Waals surface area (Å²) in [5.41, 5.74) is 0.675. The van der Waals surface area contributed by atoms with Gasteiger partial charge in [0.25, 0.3) is 0 Å². The Labute approximate surface area is 120 Å². The normalized spacial score (nSPS) is 29.9. The van der Waals surface area contributed by atoms with E-state index < -0.39 is 0 Å². The summed E-state index contributed by atoms with van der Waals surface area (Å²) in [4.78, 5) is 21.6. The van der Waals surface area contributed by atoms with E-state index in [2.05, 4.69) is 30.7 Å². The highest BCUT2D eigenvalue weighted by Gasteiger charge is 2.50. The van der Waals surface area contributed by atoms with Gasteiger partial charge in [0.05, 0.1) is 23.7 Å². The van der Waals surface area contributed by atoms with Crippen LogP contribution in [-0.4, -0.2) is 38.6 Å². The number of aromatic nitrogens is 2. The van der Waals surface area contributed by atoms with Crippen molar-refractivity contribution in [3.63, 3.8) is 0 Å². The average Bonchev–Trinajstić information content (AvgIpc) is 3.06. The van der Waals surface area contributed by atoms with Crippen LogP contribution < -0.4 is 0 Å². The van der Waals surface area contributed by atoms with Crippen molar-refractivity contribution < 1.29 is 9.53 Å². The van der Waals surface area contributed by atoms with Gasteiger partial charge in [0.2, 0.25) is 5.91 Å². The van der Waals surface area contributed by atoms with Gasteiger partial charge < -0.3 is 14.6 Å². The lowest BCUT2D eigenvalue weighted by Crippen LogP contribution is -2.48. The van der Waals surface area contributed by atoms with E-state index in [4.69, 9.17) is 4.74 Å². The SMILES string of the molecule is CCC(=O)N1[C@H](CC)OC(C)(CC)[C@@H]1Cc1c[nH]cn1. The smallest absolute Gasteiger partial charge is 0.224 e. The first-order valence-corrected chi connectivity index (χ1v) is 7.52. The van der Waals surface area contributed by atoms with Gasteiger partial charge in [-0.25, -0.2) is 4.98 Å². The van der Waals surface area contributed by atoms with Crippen LogP contribution in [-0.2, 0) is 16.0 Å². The second-order valence-electron chi connectivity index (χ2n) is 5.58. The lowest BCUT2D eigenvalue weighted by molar-refractivity contribution is -0.138. The van der Waals surface area contributed by atoms with Crippen LogP contribution in [0.3, 0.4) is 0 Å². The Morgan fingerprint density at radius 3 is 2.75 bits per heavy atom. The van der Waals surface area contributed by atoms with Crippen molar-refractivity contribution in [3.8, 4) is 0 Å². The molecule has 1 saturated heterocycles. The number of amides is 1. The Bertz CT molecular complexity index is 446. The van der Waals surface area contributed by atoms with Gasteiger partial charge in [0.15, 0.2) is 0 Å². The van der Waals surface area contributed by atoms with Crippen molar-refractivity contribution in [2.45, 2.75) is 71.2 Å². The third-order valence-electron chi connectivity index (χ3n) is 4.36. The van der Waals surface area contributed by atoms with Gasteiger partial charge in [-0.1, -0.05) is 20.8 Å². The van der Waals surface area contributed by atoms with Crippen molar-refractivity contribution in [3.05, 3.63) is 18.2 Å². The molecule has 2 rings (SSSR count). The van der Waals surface area contributed by atoms with Crippen LogP contribution in [0.25, 0.3) is 0 Å². The molecule has 5 heteroatoms. The molecule has 2 heterocycles. The topological polar surface area (TPSA) is 58.2 Å². The summed E-state index contributed by atoms with van der Waals surface area (Å²) in [6, 6.07) is 0.0493. The summed E-state index contributed by atoms with van der Waals surface area (Å²) in [5, 5.41) is 0. The minimum atomic E-state index is -0.301. The van der Waals surface area contributed by atoms with E-state index in [0.717, 1.165) is 25.0 Å². The summed E-state index contributed by atoms with van der Waals surface area (Å²) >= 11 is 0. The van der Waals surface area contributed by atoms with E-state index in [9.17, 15) is 4.79 Å². The Morgan fingerprint density at radius 1 is 1.50 bits per heavy atom. The van der Waals surface area contributed by atoms with Crippen LogP contribution >= 0.6 is 0 Å². The van der Waals surface area contributed by atoms with Crippen LogP contribution in [0.1, 0.15) is 52.7 Å². The van der Waals surface area contributed by atoms with E-state index >= 15 is 0 Å². The maximum absolute atomic E-state index is 12.3. The monoisotopic (exact) mass is 279 g/mol. The van der Waals surface area contributed by atoms with Gasteiger partial charge in [-0.2, -0.15) is 0 Å². The first kappa shape index (κ1) is 15.0. The number of ether oxygens (including phenoxy) is 1. The molecule has 0 aromatic carbocycles. The van der Waals surface area contributed by atoms with E-state index in [1.54, 1.807) is 6.33 Å². The van der Waals surface area contributed by atoms with Crippen LogP contribution in [0.4, 0.5) is 0 Å².